The first-order chi connectivity index (χ1) is 13.4. The summed E-state index contributed by atoms with van der Waals surface area (Å²) in [7, 11) is 0. The molecular formula is C21H23N5OS. The molecule has 4 aromatic rings. The summed E-state index contributed by atoms with van der Waals surface area (Å²) in [6, 6.07) is 8.38. The highest BCUT2D eigenvalue weighted by atomic mass is 32.1. The van der Waals surface area contributed by atoms with Crippen molar-refractivity contribution in [3.63, 3.8) is 0 Å². The SMILES string of the molecule is Cc1sc2nc([C@@H](C)N[C@@H](C)c3ccc(-n4ccnc4)cc3)[nH]c(=O)c2c1C. The second-order valence-corrected chi connectivity index (χ2v) is 8.29. The summed E-state index contributed by atoms with van der Waals surface area (Å²) in [5, 5.41) is 4.24. The minimum absolute atomic E-state index is 0.0622. The Morgan fingerprint density at radius 2 is 1.89 bits per heavy atom. The van der Waals surface area contributed by atoms with Crippen molar-refractivity contribution in [3.8, 4) is 5.69 Å². The van der Waals surface area contributed by atoms with Crippen LogP contribution in [0.15, 0.2) is 47.8 Å². The van der Waals surface area contributed by atoms with Gasteiger partial charge in [-0.3, -0.25) is 4.79 Å². The number of fused-ring (bicyclic) bond motifs is 1. The van der Waals surface area contributed by atoms with E-state index in [2.05, 4.69) is 46.5 Å². The molecule has 0 aliphatic rings. The van der Waals surface area contributed by atoms with E-state index in [0.29, 0.717) is 11.2 Å². The Morgan fingerprint density at radius 1 is 1.14 bits per heavy atom. The van der Waals surface area contributed by atoms with Gasteiger partial charge in [-0.15, -0.1) is 11.3 Å². The Bertz CT molecular complexity index is 1160. The fraction of sp³-hybridized carbons (Fsp3) is 0.286. The van der Waals surface area contributed by atoms with Crippen LogP contribution in [0.5, 0.6) is 0 Å². The van der Waals surface area contributed by atoms with Gasteiger partial charge in [0.25, 0.3) is 5.56 Å². The van der Waals surface area contributed by atoms with Gasteiger partial charge in [-0.2, -0.15) is 0 Å². The van der Waals surface area contributed by atoms with Gasteiger partial charge in [0, 0.05) is 29.0 Å². The number of hydrogen-bond acceptors (Lipinski definition) is 5. The van der Waals surface area contributed by atoms with E-state index in [4.69, 9.17) is 4.98 Å². The molecule has 6 nitrogen and oxygen atoms in total. The summed E-state index contributed by atoms with van der Waals surface area (Å²) in [5.41, 5.74) is 3.20. The standard InChI is InChI=1S/C21H23N5OS/c1-12-15(4)28-21-18(12)20(27)24-19(25-21)14(3)23-13(2)16-5-7-17(8-6-16)26-10-9-22-11-26/h5-11,13-14,23H,1-4H3,(H,24,25,27)/t13-,14+/m0/s1. The maximum Gasteiger partial charge on any atom is 0.259 e. The lowest BCUT2D eigenvalue weighted by atomic mass is 10.1. The highest BCUT2D eigenvalue weighted by Gasteiger charge is 2.17. The van der Waals surface area contributed by atoms with Gasteiger partial charge in [0.2, 0.25) is 0 Å². The summed E-state index contributed by atoms with van der Waals surface area (Å²) in [6.07, 6.45) is 5.47. The van der Waals surface area contributed by atoms with E-state index in [0.717, 1.165) is 21.0 Å². The van der Waals surface area contributed by atoms with Crippen LogP contribution < -0.4 is 10.9 Å². The number of aromatic amines is 1. The molecule has 0 unspecified atom stereocenters. The van der Waals surface area contributed by atoms with E-state index in [1.54, 1.807) is 23.9 Å². The van der Waals surface area contributed by atoms with Crippen molar-refractivity contribution >= 4 is 21.6 Å². The zero-order valence-corrected chi connectivity index (χ0v) is 17.2. The minimum Gasteiger partial charge on any atom is -0.309 e. The number of rotatable bonds is 5. The van der Waals surface area contributed by atoms with Crippen LogP contribution in [-0.4, -0.2) is 19.5 Å². The molecule has 2 atom stereocenters. The summed E-state index contributed by atoms with van der Waals surface area (Å²) in [5.74, 6) is 0.667. The third kappa shape index (κ3) is 3.39. The summed E-state index contributed by atoms with van der Waals surface area (Å²) in [6.45, 7) is 8.13. The van der Waals surface area contributed by atoms with Crippen molar-refractivity contribution in [1.29, 1.82) is 0 Å². The highest BCUT2D eigenvalue weighted by molar-refractivity contribution is 7.18. The number of benzene rings is 1. The number of aromatic nitrogens is 4. The molecule has 0 radical (unpaired) electrons. The largest absolute Gasteiger partial charge is 0.309 e. The van der Waals surface area contributed by atoms with Crippen LogP contribution in [0.2, 0.25) is 0 Å². The third-order valence-corrected chi connectivity index (χ3v) is 6.26. The number of imidazole rings is 1. The molecule has 3 aromatic heterocycles. The predicted octanol–water partition coefficient (Wildman–Crippen LogP) is 4.20. The molecule has 0 fully saturated rings. The Kier molecular flexibility index (Phi) is 4.87. The van der Waals surface area contributed by atoms with Crippen molar-refractivity contribution in [2.24, 2.45) is 0 Å². The molecule has 7 heteroatoms. The lowest BCUT2D eigenvalue weighted by Crippen LogP contribution is -2.26. The molecule has 0 aliphatic heterocycles. The van der Waals surface area contributed by atoms with E-state index >= 15 is 0 Å². The van der Waals surface area contributed by atoms with E-state index in [-0.39, 0.29) is 17.6 Å². The van der Waals surface area contributed by atoms with Crippen molar-refractivity contribution in [2.75, 3.05) is 0 Å². The van der Waals surface area contributed by atoms with Gasteiger partial charge >= 0.3 is 0 Å². The Balaban J connectivity index is 1.54. The molecule has 0 amide bonds. The van der Waals surface area contributed by atoms with Gasteiger partial charge in [0.15, 0.2) is 0 Å². The summed E-state index contributed by atoms with van der Waals surface area (Å²) in [4.78, 5) is 26.2. The Morgan fingerprint density at radius 3 is 2.57 bits per heavy atom. The minimum atomic E-state index is -0.0804. The second kappa shape index (κ2) is 7.33. The molecular weight excluding hydrogens is 370 g/mol. The molecule has 4 rings (SSSR count). The first kappa shape index (κ1) is 18.6. The van der Waals surface area contributed by atoms with Gasteiger partial charge in [-0.25, -0.2) is 9.97 Å². The lowest BCUT2D eigenvalue weighted by Gasteiger charge is -2.20. The number of aryl methyl sites for hydroxylation is 2. The van der Waals surface area contributed by atoms with Crippen LogP contribution in [0.25, 0.3) is 15.9 Å². The van der Waals surface area contributed by atoms with Crippen molar-refractivity contribution < 1.29 is 0 Å². The summed E-state index contributed by atoms with van der Waals surface area (Å²) < 4.78 is 1.97. The molecule has 0 saturated carbocycles. The molecule has 1 aromatic carbocycles. The molecule has 0 aliphatic carbocycles. The van der Waals surface area contributed by atoms with Gasteiger partial charge in [0.05, 0.1) is 17.8 Å². The maximum absolute atomic E-state index is 12.5. The molecule has 2 N–H and O–H groups in total. The molecule has 0 bridgehead atoms. The normalized spacial score (nSPS) is 13.7. The van der Waals surface area contributed by atoms with Crippen LogP contribution >= 0.6 is 11.3 Å². The predicted molar refractivity (Wildman–Crippen MR) is 113 cm³/mol. The smallest absolute Gasteiger partial charge is 0.259 e. The van der Waals surface area contributed by atoms with Crippen LogP contribution in [-0.2, 0) is 0 Å². The Hall–Kier alpha value is -2.77. The lowest BCUT2D eigenvalue weighted by molar-refractivity contribution is 0.477. The molecule has 144 valence electrons. The molecule has 28 heavy (non-hydrogen) atoms. The monoisotopic (exact) mass is 393 g/mol. The summed E-state index contributed by atoms with van der Waals surface area (Å²) >= 11 is 1.57. The van der Waals surface area contributed by atoms with Crippen LogP contribution in [0.3, 0.4) is 0 Å². The number of thiophene rings is 1. The molecule has 3 heterocycles. The number of hydrogen-bond donors (Lipinski definition) is 2. The fourth-order valence-corrected chi connectivity index (χ4v) is 4.41. The first-order valence-electron chi connectivity index (χ1n) is 9.28. The van der Waals surface area contributed by atoms with E-state index in [1.807, 2.05) is 31.5 Å². The maximum atomic E-state index is 12.5. The van der Waals surface area contributed by atoms with E-state index < -0.39 is 0 Å². The first-order valence-corrected chi connectivity index (χ1v) is 10.1. The quantitative estimate of drug-likeness (QED) is 0.533. The topological polar surface area (TPSA) is 75.6 Å². The van der Waals surface area contributed by atoms with Gasteiger partial charge in [0.1, 0.15) is 10.7 Å². The van der Waals surface area contributed by atoms with Crippen LogP contribution in [0.4, 0.5) is 0 Å². The van der Waals surface area contributed by atoms with E-state index in [9.17, 15) is 4.79 Å². The highest BCUT2D eigenvalue weighted by Crippen LogP contribution is 2.27. The van der Waals surface area contributed by atoms with Gasteiger partial charge in [-0.05, 0) is 51.0 Å². The number of H-pyrrole nitrogens is 1. The van der Waals surface area contributed by atoms with Crippen molar-refractivity contribution in [3.05, 3.63) is 75.2 Å². The van der Waals surface area contributed by atoms with Gasteiger partial charge in [-0.1, -0.05) is 12.1 Å². The van der Waals surface area contributed by atoms with E-state index in [1.165, 1.54) is 5.56 Å². The van der Waals surface area contributed by atoms with Crippen molar-refractivity contribution in [1.82, 2.24) is 24.8 Å². The van der Waals surface area contributed by atoms with Crippen LogP contribution in [0, 0.1) is 13.8 Å². The van der Waals surface area contributed by atoms with Crippen LogP contribution in [0.1, 0.15) is 47.8 Å². The Labute approximate surface area is 167 Å². The molecule has 0 spiro atoms. The number of nitrogens with one attached hydrogen (secondary N) is 2. The van der Waals surface area contributed by atoms with Gasteiger partial charge < -0.3 is 14.9 Å². The average molecular weight is 394 g/mol. The zero-order chi connectivity index (χ0) is 19.8. The molecule has 0 saturated heterocycles. The average Bonchev–Trinajstić information content (AvgIpc) is 3.31. The van der Waals surface area contributed by atoms with Crippen molar-refractivity contribution in [2.45, 2.75) is 39.8 Å². The zero-order valence-electron chi connectivity index (χ0n) is 16.4. The fourth-order valence-electron chi connectivity index (χ4n) is 3.37. The third-order valence-electron chi connectivity index (χ3n) is 5.16. The number of nitrogens with zero attached hydrogens (tertiary/aromatic N) is 3. The second-order valence-electron chi connectivity index (χ2n) is 7.09.